The summed E-state index contributed by atoms with van der Waals surface area (Å²) in [5.74, 6) is 1.37. The number of aromatic amines is 2. The minimum absolute atomic E-state index is 0.425. The van der Waals surface area contributed by atoms with E-state index < -0.39 is 0 Å². The Bertz CT molecular complexity index is 1120. The highest BCUT2D eigenvalue weighted by Crippen LogP contribution is 2.22. The van der Waals surface area contributed by atoms with Crippen LogP contribution in [0.2, 0.25) is 0 Å². The molecule has 0 unspecified atom stereocenters. The quantitative estimate of drug-likeness (QED) is 0.432. The maximum Gasteiger partial charge on any atom is 0.216 e. The third-order valence-corrected chi connectivity index (χ3v) is 4.18. The SMILES string of the molecule is COc1cccc(-c2n[nH]c(=S)n2/N=C/c2c[nH]c3ccccc23)c1. The van der Waals surface area contributed by atoms with E-state index in [9.17, 15) is 0 Å². The molecule has 0 radical (unpaired) electrons. The van der Waals surface area contributed by atoms with Crippen LogP contribution in [-0.2, 0) is 0 Å². The summed E-state index contributed by atoms with van der Waals surface area (Å²) in [6.45, 7) is 0. The highest BCUT2D eigenvalue weighted by molar-refractivity contribution is 7.71. The van der Waals surface area contributed by atoms with Crippen LogP contribution >= 0.6 is 12.2 Å². The van der Waals surface area contributed by atoms with E-state index in [0.29, 0.717) is 10.6 Å². The van der Waals surface area contributed by atoms with Gasteiger partial charge < -0.3 is 9.72 Å². The first-order chi connectivity index (χ1) is 12.3. The molecular weight excluding hydrogens is 334 g/mol. The molecule has 0 atom stereocenters. The van der Waals surface area contributed by atoms with E-state index in [1.165, 1.54) is 0 Å². The van der Waals surface area contributed by atoms with E-state index in [0.717, 1.165) is 27.8 Å². The lowest BCUT2D eigenvalue weighted by Gasteiger charge is -2.03. The van der Waals surface area contributed by atoms with Crippen molar-refractivity contribution in [1.29, 1.82) is 0 Å². The van der Waals surface area contributed by atoms with Gasteiger partial charge in [0.1, 0.15) is 5.75 Å². The van der Waals surface area contributed by atoms with E-state index in [1.807, 2.05) is 54.7 Å². The minimum Gasteiger partial charge on any atom is -0.497 e. The van der Waals surface area contributed by atoms with Crippen molar-refractivity contribution < 1.29 is 4.74 Å². The maximum absolute atomic E-state index is 5.32. The molecule has 25 heavy (non-hydrogen) atoms. The molecule has 0 amide bonds. The molecule has 2 N–H and O–H groups in total. The predicted molar refractivity (Wildman–Crippen MR) is 101 cm³/mol. The zero-order valence-electron chi connectivity index (χ0n) is 13.4. The Morgan fingerprint density at radius 2 is 2.08 bits per heavy atom. The van der Waals surface area contributed by atoms with Crippen molar-refractivity contribution in [2.45, 2.75) is 0 Å². The van der Waals surface area contributed by atoms with Crippen molar-refractivity contribution in [1.82, 2.24) is 19.9 Å². The van der Waals surface area contributed by atoms with Crippen molar-refractivity contribution in [2.24, 2.45) is 5.10 Å². The number of para-hydroxylation sites is 1. The molecule has 6 nitrogen and oxygen atoms in total. The highest BCUT2D eigenvalue weighted by Gasteiger charge is 2.09. The normalized spacial score (nSPS) is 11.4. The molecule has 0 bridgehead atoms. The number of hydrogen-bond donors (Lipinski definition) is 2. The Balaban J connectivity index is 1.76. The highest BCUT2D eigenvalue weighted by atomic mass is 32.1. The van der Waals surface area contributed by atoms with Gasteiger partial charge >= 0.3 is 0 Å². The van der Waals surface area contributed by atoms with Gasteiger partial charge in [0, 0.05) is 28.2 Å². The van der Waals surface area contributed by atoms with Crippen molar-refractivity contribution >= 4 is 29.3 Å². The van der Waals surface area contributed by atoms with Gasteiger partial charge in [-0.3, -0.25) is 0 Å². The first-order valence-electron chi connectivity index (χ1n) is 7.68. The molecule has 2 heterocycles. The Morgan fingerprint density at radius 1 is 1.20 bits per heavy atom. The van der Waals surface area contributed by atoms with Gasteiger partial charge in [-0.2, -0.15) is 14.9 Å². The van der Waals surface area contributed by atoms with E-state index in [-0.39, 0.29) is 0 Å². The van der Waals surface area contributed by atoms with Crippen LogP contribution in [0.1, 0.15) is 5.56 Å². The maximum atomic E-state index is 5.32. The van der Waals surface area contributed by atoms with Crippen LogP contribution < -0.4 is 4.74 Å². The number of methoxy groups -OCH3 is 1. The fourth-order valence-corrected chi connectivity index (χ4v) is 2.85. The Labute approximate surface area is 148 Å². The van der Waals surface area contributed by atoms with E-state index in [4.69, 9.17) is 17.0 Å². The molecule has 0 aliphatic carbocycles. The minimum atomic E-state index is 0.425. The molecule has 2 aromatic carbocycles. The molecule has 7 heteroatoms. The number of nitrogens with zero attached hydrogens (tertiary/aromatic N) is 3. The molecule has 0 spiro atoms. The summed E-state index contributed by atoms with van der Waals surface area (Å²) in [5, 5.41) is 12.7. The summed E-state index contributed by atoms with van der Waals surface area (Å²) in [6.07, 6.45) is 3.69. The molecule has 4 aromatic rings. The number of hydrogen-bond acceptors (Lipinski definition) is 4. The molecule has 0 saturated carbocycles. The summed E-state index contributed by atoms with van der Waals surface area (Å²) >= 11 is 5.32. The molecule has 2 aromatic heterocycles. The van der Waals surface area contributed by atoms with Crippen LogP contribution in [0.15, 0.2) is 59.8 Å². The van der Waals surface area contributed by atoms with Gasteiger partial charge in [0.25, 0.3) is 0 Å². The van der Waals surface area contributed by atoms with Gasteiger partial charge in [0.05, 0.1) is 13.3 Å². The average molecular weight is 349 g/mol. The molecule has 0 aliphatic heterocycles. The molecule has 0 aliphatic rings. The zero-order chi connectivity index (χ0) is 17.2. The second kappa shape index (κ2) is 6.37. The second-order valence-electron chi connectivity index (χ2n) is 5.43. The Morgan fingerprint density at radius 3 is 2.96 bits per heavy atom. The van der Waals surface area contributed by atoms with Gasteiger partial charge in [-0.1, -0.05) is 30.3 Å². The fourth-order valence-electron chi connectivity index (χ4n) is 2.67. The first-order valence-corrected chi connectivity index (χ1v) is 8.09. The van der Waals surface area contributed by atoms with Crippen LogP contribution in [0.3, 0.4) is 0 Å². The van der Waals surface area contributed by atoms with Crippen molar-refractivity contribution in [3.63, 3.8) is 0 Å². The fraction of sp³-hybridized carbons (Fsp3) is 0.0556. The second-order valence-corrected chi connectivity index (χ2v) is 5.82. The number of fused-ring (bicyclic) bond motifs is 1. The van der Waals surface area contributed by atoms with Crippen molar-refractivity contribution in [3.8, 4) is 17.1 Å². The van der Waals surface area contributed by atoms with Crippen LogP contribution in [0.5, 0.6) is 5.75 Å². The Kier molecular flexibility index (Phi) is 3.91. The number of aromatic nitrogens is 4. The first kappa shape index (κ1) is 15.3. The molecule has 124 valence electrons. The molecule has 0 saturated heterocycles. The lowest BCUT2D eigenvalue weighted by atomic mass is 10.2. The summed E-state index contributed by atoms with van der Waals surface area (Å²) < 4.78 is 7.30. The predicted octanol–water partition coefficient (Wildman–Crippen LogP) is 3.98. The topological polar surface area (TPSA) is 71.0 Å². The number of ether oxygens (including phenoxy) is 1. The monoisotopic (exact) mass is 349 g/mol. The zero-order valence-corrected chi connectivity index (χ0v) is 14.2. The van der Waals surface area contributed by atoms with Crippen molar-refractivity contribution in [2.75, 3.05) is 7.11 Å². The van der Waals surface area contributed by atoms with Crippen LogP contribution in [0, 0.1) is 4.77 Å². The average Bonchev–Trinajstić information content (AvgIpc) is 3.23. The number of rotatable bonds is 4. The number of H-pyrrole nitrogens is 2. The van der Waals surface area contributed by atoms with Crippen molar-refractivity contribution in [3.05, 3.63) is 65.1 Å². The lowest BCUT2D eigenvalue weighted by molar-refractivity contribution is 0.415. The summed E-state index contributed by atoms with van der Waals surface area (Å²) in [5.41, 5.74) is 2.91. The number of nitrogens with one attached hydrogen (secondary N) is 2. The van der Waals surface area contributed by atoms with E-state index in [1.54, 1.807) is 18.0 Å². The molecule has 4 rings (SSSR count). The summed E-state index contributed by atoms with van der Waals surface area (Å²) in [4.78, 5) is 3.23. The smallest absolute Gasteiger partial charge is 0.216 e. The third-order valence-electron chi connectivity index (χ3n) is 3.91. The largest absolute Gasteiger partial charge is 0.497 e. The standard InChI is InChI=1S/C18H15N5OS/c1-24-14-6-4-5-12(9-14)17-21-22-18(25)23(17)20-11-13-10-19-16-8-3-2-7-15(13)16/h2-11,19H,1H3,(H,22,25)/b20-11+. The Hall–Kier alpha value is -3.19. The van der Waals surface area contributed by atoms with Crippen LogP contribution in [0.25, 0.3) is 22.3 Å². The van der Waals surface area contributed by atoms with E-state index in [2.05, 4.69) is 20.3 Å². The van der Waals surface area contributed by atoms with Crippen LogP contribution in [0.4, 0.5) is 0 Å². The lowest BCUT2D eigenvalue weighted by Crippen LogP contribution is -1.95. The molecular formula is C18H15N5OS. The summed E-state index contributed by atoms with van der Waals surface area (Å²) in [7, 11) is 1.63. The van der Waals surface area contributed by atoms with Gasteiger partial charge in [0.15, 0.2) is 5.82 Å². The van der Waals surface area contributed by atoms with Gasteiger partial charge in [0.2, 0.25) is 4.77 Å². The van der Waals surface area contributed by atoms with Gasteiger partial charge in [-0.05, 0) is 30.4 Å². The molecule has 0 fully saturated rings. The van der Waals surface area contributed by atoms with Gasteiger partial charge in [-0.25, -0.2) is 5.10 Å². The third kappa shape index (κ3) is 2.85. The van der Waals surface area contributed by atoms with Crippen LogP contribution in [-0.4, -0.2) is 33.2 Å². The number of benzene rings is 2. The summed E-state index contributed by atoms with van der Waals surface area (Å²) in [6, 6.07) is 15.7. The van der Waals surface area contributed by atoms with Gasteiger partial charge in [-0.15, -0.1) is 0 Å². The van der Waals surface area contributed by atoms with E-state index >= 15 is 0 Å².